The average molecular weight is 240 g/mol. The SMILES string of the molecule is CCc1csc(N2CC(C(C)C(=O)O)C2)n1. The van der Waals surface area contributed by atoms with Crippen molar-refractivity contribution in [3.8, 4) is 0 Å². The fourth-order valence-corrected chi connectivity index (χ4v) is 2.72. The summed E-state index contributed by atoms with van der Waals surface area (Å²) in [6.07, 6.45) is 0.958. The van der Waals surface area contributed by atoms with Gasteiger partial charge in [0.2, 0.25) is 0 Å². The van der Waals surface area contributed by atoms with Crippen molar-refractivity contribution in [2.45, 2.75) is 20.3 Å². The Morgan fingerprint density at radius 3 is 2.94 bits per heavy atom. The smallest absolute Gasteiger partial charge is 0.306 e. The molecule has 1 saturated heterocycles. The molecule has 16 heavy (non-hydrogen) atoms. The summed E-state index contributed by atoms with van der Waals surface area (Å²) in [5, 5.41) is 12.0. The van der Waals surface area contributed by atoms with E-state index in [1.54, 1.807) is 18.3 Å². The quantitative estimate of drug-likeness (QED) is 0.872. The van der Waals surface area contributed by atoms with Gasteiger partial charge in [-0.3, -0.25) is 4.79 Å². The average Bonchev–Trinajstić information content (AvgIpc) is 2.63. The van der Waals surface area contributed by atoms with Crippen molar-refractivity contribution in [1.29, 1.82) is 0 Å². The van der Waals surface area contributed by atoms with Crippen LogP contribution in [0.1, 0.15) is 19.5 Å². The molecule has 0 aliphatic carbocycles. The standard InChI is InChI=1S/C11H16N2O2S/c1-3-9-6-16-11(12-9)13-4-8(5-13)7(2)10(14)15/h6-8H,3-5H2,1-2H3,(H,14,15). The highest BCUT2D eigenvalue weighted by Crippen LogP contribution is 2.31. The van der Waals surface area contributed by atoms with E-state index < -0.39 is 5.97 Å². The van der Waals surface area contributed by atoms with Crippen molar-refractivity contribution in [1.82, 2.24) is 4.98 Å². The summed E-state index contributed by atoms with van der Waals surface area (Å²) in [4.78, 5) is 17.4. The molecule has 88 valence electrons. The minimum Gasteiger partial charge on any atom is -0.481 e. The predicted octanol–water partition coefficient (Wildman–Crippen LogP) is 1.86. The summed E-state index contributed by atoms with van der Waals surface area (Å²) in [5.74, 6) is -0.675. The fraction of sp³-hybridized carbons (Fsp3) is 0.636. The highest BCUT2D eigenvalue weighted by atomic mass is 32.1. The van der Waals surface area contributed by atoms with Gasteiger partial charge in [0.05, 0.1) is 11.6 Å². The van der Waals surface area contributed by atoms with Gasteiger partial charge in [0.25, 0.3) is 0 Å². The second-order valence-corrected chi connectivity index (χ2v) is 5.10. The van der Waals surface area contributed by atoms with Crippen molar-refractivity contribution in [3.05, 3.63) is 11.1 Å². The van der Waals surface area contributed by atoms with E-state index in [1.165, 1.54) is 0 Å². The summed E-state index contributed by atoms with van der Waals surface area (Å²) in [6.45, 7) is 5.52. The Bertz CT molecular complexity index is 385. The highest BCUT2D eigenvalue weighted by molar-refractivity contribution is 7.13. The Hall–Kier alpha value is -1.10. The Morgan fingerprint density at radius 2 is 2.44 bits per heavy atom. The zero-order valence-corrected chi connectivity index (χ0v) is 10.3. The molecule has 1 aromatic rings. The van der Waals surface area contributed by atoms with Crippen molar-refractivity contribution >= 4 is 22.4 Å². The molecule has 2 heterocycles. The lowest BCUT2D eigenvalue weighted by Crippen LogP contribution is -2.51. The molecule has 0 aromatic carbocycles. The molecule has 5 heteroatoms. The van der Waals surface area contributed by atoms with Gasteiger partial charge in [0.1, 0.15) is 0 Å². The number of thiazole rings is 1. The number of nitrogens with zero attached hydrogens (tertiary/aromatic N) is 2. The van der Waals surface area contributed by atoms with Gasteiger partial charge < -0.3 is 10.0 Å². The number of hydrogen-bond acceptors (Lipinski definition) is 4. The van der Waals surface area contributed by atoms with Gasteiger partial charge in [-0.15, -0.1) is 11.3 Å². The van der Waals surface area contributed by atoms with Crippen LogP contribution in [-0.4, -0.2) is 29.1 Å². The van der Waals surface area contributed by atoms with E-state index >= 15 is 0 Å². The molecule has 1 N–H and O–H groups in total. The number of anilines is 1. The van der Waals surface area contributed by atoms with E-state index in [0.717, 1.165) is 30.3 Å². The van der Waals surface area contributed by atoms with Crippen LogP contribution in [0.5, 0.6) is 0 Å². The lowest BCUT2D eigenvalue weighted by atomic mass is 9.87. The van der Waals surface area contributed by atoms with E-state index in [9.17, 15) is 4.79 Å². The lowest BCUT2D eigenvalue weighted by Gasteiger charge is -2.41. The molecular formula is C11H16N2O2S. The van der Waals surface area contributed by atoms with Crippen LogP contribution in [0.4, 0.5) is 5.13 Å². The number of carboxylic acids is 1. The molecule has 0 bridgehead atoms. The van der Waals surface area contributed by atoms with E-state index in [-0.39, 0.29) is 11.8 Å². The van der Waals surface area contributed by atoms with Crippen LogP contribution in [0.3, 0.4) is 0 Å². The molecule has 1 aliphatic rings. The topological polar surface area (TPSA) is 53.4 Å². The molecule has 2 rings (SSSR count). The minimum absolute atomic E-state index is 0.248. The van der Waals surface area contributed by atoms with Crippen molar-refractivity contribution in [2.24, 2.45) is 11.8 Å². The fourth-order valence-electron chi connectivity index (χ4n) is 1.79. The number of aromatic nitrogens is 1. The minimum atomic E-state index is -0.696. The number of aryl methyl sites for hydroxylation is 1. The van der Waals surface area contributed by atoms with Gasteiger partial charge in [-0.2, -0.15) is 0 Å². The van der Waals surface area contributed by atoms with Gasteiger partial charge in [0.15, 0.2) is 5.13 Å². The van der Waals surface area contributed by atoms with Gasteiger partial charge in [-0.1, -0.05) is 13.8 Å². The lowest BCUT2D eigenvalue weighted by molar-refractivity contribution is -0.143. The van der Waals surface area contributed by atoms with Crippen LogP contribution < -0.4 is 4.90 Å². The Kier molecular flexibility index (Phi) is 3.14. The van der Waals surface area contributed by atoms with Crippen LogP contribution in [0.15, 0.2) is 5.38 Å². The van der Waals surface area contributed by atoms with Crippen LogP contribution in [0.25, 0.3) is 0 Å². The first-order valence-electron chi connectivity index (χ1n) is 5.54. The molecule has 0 radical (unpaired) electrons. The molecule has 0 spiro atoms. The van der Waals surface area contributed by atoms with Crippen LogP contribution in [0.2, 0.25) is 0 Å². The third-order valence-corrected chi connectivity index (χ3v) is 4.13. The molecule has 4 nitrogen and oxygen atoms in total. The first-order chi connectivity index (χ1) is 7.61. The van der Waals surface area contributed by atoms with E-state index in [0.29, 0.717) is 0 Å². The third-order valence-electron chi connectivity index (χ3n) is 3.18. The molecule has 1 fully saturated rings. The van der Waals surface area contributed by atoms with Gasteiger partial charge >= 0.3 is 5.97 Å². The Balaban J connectivity index is 1.90. The van der Waals surface area contributed by atoms with Crippen molar-refractivity contribution < 1.29 is 9.90 Å². The Labute approximate surface area is 98.9 Å². The number of carboxylic acid groups (broad SMARTS) is 1. The van der Waals surface area contributed by atoms with Gasteiger partial charge in [-0.05, 0) is 6.42 Å². The molecule has 1 unspecified atom stereocenters. The third kappa shape index (κ3) is 2.04. The summed E-state index contributed by atoms with van der Waals surface area (Å²) >= 11 is 1.65. The van der Waals surface area contributed by atoms with Crippen LogP contribution in [0, 0.1) is 11.8 Å². The molecular weight excluding hydrogens is 224 g/mol. The highest BCUT2D eigenvalue weighted by Gasteiger charge is 2.35. The molecule has 1 aromatic heterocycles. The zero-order valence-electron chi connectivity index (χ0n) is 9.51. The van der Waals surface area contributed by atoms with E-state index in [1.807, 2.05) is 0 Å². The first-order valence-corrected chi connectivity index (χ1v) is 6.42. The largest absolute Gasteiger partial charge is 0.481 e. The van der Waals surface area contributed by atoms with Gasteiger partial charge in [-0.25, -0.2) is 4.98 Å². The van der Waals surface area contributed by atoms with Gasteiger partial charge in [0, 0.05) is 24.4 Å². The second kappa shape index (κ2) is 4.41. The summed E-state index contributed by atoms with van der Waals surface area (Å²) < 4.78 is 0. The normalized spacial score (nSPS) is 18.2. The number of carbonyl (C=O) groups is 1. The van der Waals surface area contributed by atoms with Crippen molar-refractivity contribution in [3.63, 3.8) is 0 Å². The maximum absolute atomic E-state index is 10.8. The summed E-state index contributed by atoms with van der Waals surface area (Å²) in [6, 6.07) is 0. The number of hydrogen-bond donors (Lipinski definition) is 1. The summed E-state index contributed by atoms with van der Waals surface area (Å²) in [7, 11) is 0. The molecule has 0 amide bonds. The summed E-state index contributed by atoms with van der Waals surface area (Å²) in [5.41, 5.74) is 1.12. The molecule has 1 aliphatic heterocycles. The maximum Gasteiger partial charge on any atom is 0.306 e. The first kappa shape index (κ1) is 11.4. The van der Waals surface area contributed by atoms with E-state index in [2.05, 4.69) is 22.2 Å². The maximum atomic E-state index is 10.8. The number of rotatable bonds is 4. The molecule has 1 atom stereocenters. The Morgan fingerprint density at radius 1 is 1.75 bits per heavy atom. The van der Waals surface area contributed by atoms with Crippen molar-refractivity contribution in [2.75, 3.05) is 18.0 Å². The molecule has 0 saturated carbocycles. The predicted molar refractivity (Wildman–Crippen MR) is 64.0 cm³/mol. The monoisotopic (exact) mass is 240 g/mol. The van der Waals surface area contributed by atoms with Crippen LogP contribution >= 0.6 is 11.3 Å². The van der Waals surface area contributed by atoms with E-state index in [4.69, 9.17) is 5.11 Å². The zero-order chi connectivity index (χ0) is 11.7. The van der Waals surface area contributed by atoms with Crippen LogP contribution in [-0.2, 0) is 11.2 Å². The number of aliphatic carboxylic acids is 1. The second-order valence-electron chi connectivity index (χ2n) is 4.27.